The van der Waals surface area contributed by atoms with Crippen LogP contribution in [0.25, 0.3) is 0 Å². The topological polar surface area (TPSA) is 95.4 Å². The van der Waals surface area contributed by atoms with Crippen molar-refractivity contribution in [1.82, 2.24) is 0 Å². The summed E-state index contributed by atoms with van der Waals surface area (Å²) in [6, 6.07) is -0.491. The van der Waals surface area contributed by atoms with Crippen molar-refractivity contribution in [1.29, 1.82) is 0 Å². The predicted molar refractivity (Wildman–Crippen MR) is 122 cm³/mol. The normalized spacial score (nSPS) is 20.8. The second-order valence-corrected chi connectivity index (χ2v) is 10.6. The zero-order valence-corrected chi connectivity index (χ0v) is 19.5. The van der Waals surface area contributed by atoms with E-state index >= 15 is 0 Å². The number of carbonyl (C=O) groups is 2. The molecule has 5 nitrogen and oxygen atoms in total. The number of carbonyl (C=O) groups excluding carboxylic acids is 2. The third-order valence-electron chi connectivity index (χ3n) is 7.04. The first-order valence-corrected chi connectivity index (χ1v) is 12.6. The molecular weight excluding hydrogens is 376 g/mol. The van der Waals surface area contributed by atoms with Crippen molar-refractivity contribution < 1.29 is 14.3 Å². The lowest BCUT2D eigenvalue weighted by Gasteiger charge is -2.25. The molecule has 0 bridgehead atoms. The first-order valence-electron chi connectivity index (χ1n) is 12.6. The Morgan fingerprint density at radius 1 is 0.800 bits per heavy atom. The number of esters is 2. The van der Waals surface area contributed by atoms with Crippen molar-refractivity contribution >= 4 is 11.9 Å². The van der Waals surface area contributed by atoms with E-state index in [1.54, 1.807) is 0 Å². The molecule has 5 heteroatoms. The summed E-state index contributed by atoms with van der Waals surface area (Å²) in [5.74, 6) is 1.88. The van der Waals surface area contributed by atoms with E-state index in [1.807, 2.05) is 0 Å². The van der Waals surface area contributed by atoms with Crippen LogP contribution in [-0.4, -0.2) is 24.0 Å². The molecule has 2 rings (SSSR count). The summed E-state index contributed by atoms with van der Waals surface area (Å²) in [5, 5.41) is 0. The summed E-state index contributed by atoms with van der Waals surface area (Å²) in [7, 11) is 0. The highest BCUT2D eigenvalue weighted by molar-refractivity contribution is 5.85. The Balaban J connectivity index is 1.50. The van der Waals surface area contributed by atoms with E-state index in [4.69, 9.17) is 16.2 Å². The molecule has 4 N–H and O–H groups in total. The van der Waals surface area contributed by atoms with Gasteiger partial charge in [0.2, 0.25) is 0 Å². The van der Waals surface area contributed by atoms with Gasteiger partial charge in [0.15, 0.2) is 0 Å². The quantitative estimate of drug-likeness (QED) is 0.267. The van der Waals surface area contributed by atoms with Crippen LogP contribution in [0.4, 0.5) is 0 Å². The maximum Gasteiger partial charge on any atom is 0.315 e. The molecule has 0 aromatic rings. The van der Waals surface area contributed by atoms with Crippen molar-refractivity contribution in [2.24, 2.45) is 35.1 Å². The van der Waals surface area contributed by atoms with Crippen molar-refractivity contribution in [3.63, 3.8) is 0 Å². The molecule has 2 fully saturated rings. The van der Waals surface area contributed by atoms with Gasteiger partial charge in [-0.05, 0) is 36.5 Å². The zero-order valence-electron chi connectivity index (χ0n) is 19.5. The predicted octanol–water partition coefficient (Wildman–Crippen LogP) is 5.09. The van der Waals surface area contributed by atoms with Gasteiger partial charge in [-0.3, -0.25) is 9.59 Å². The van der Waals surface area contributed by atoms with Gasteiger partial charge in [-0.1, -0.05) is 84.5 Å². The molecule has 4 unspecified atom stereocenters. The number of hydrogen-bond acceptors (Lipinski definition) is 5. The monoisotopic (exact) mass is 422 g/mol. The van der Waals surface area contributed by atoms with E-state index in [1.165, 1.54) is 57.8 Å². The van der Waals surface area contributed by atoms with Gasteiger partial charge in [0.05, 0.1) is 12.8 Å². The van der Waals surface area contributed by atoms with Crippen molar-refractivity contribution in [3.8, 4) is 0 Å². The Bertz CT molecular complexity index is 517. The Hall–Kier alpha value is -0.940. The van der Waals surface area contributed by atoms with Gasteiger partial charge < -0.3 is 16.2 Å². The van der Waals surface area contributed by atoms with Gasteiger partial charge in [-0.25, -0.2) is 0 Å². The van der Waals surface area contributed by atoms with Crippen LogP contribution in [0.5, 0.6) is 0 Å². The SMILES string of the molecule is CC(CCCC1CCC1)CC(N)CC(=O)OC(=O)CC(N)CC(C)CCCC1CC1. The molecule has 0 aromatic carbocycles. The minimum absolute atomic E-state index is 0.103. The van der Waals surface area contributed by atoms with E-state index in [0.717, 1.165) is 37.5 Å². The Labute approximate surface area is 184 Å². The average Bonchev–Trinajstić information content (AvgIpc) is 3.40. The fourth-order valence-corrected chi connectivity index (χ4v) is 4.77. The van der Waals surface area contributed by atoms with E-state index in [0.29, 0.717) is 11.8 Å². The molecule has 30 heavy (non-hydrogen) atoms. The second-order valence-electron chi connectivity index (χ2n) is 10.6. The maximum absolute atomic E-state index is 12.0. The summed E-state index contributed by atoms with van der Waals surface area (Å²) in [4.78, 5) is 24.1. The molecule has 2 saturated carbocycles. The zero-order chi connectivity index (χ0) is 21.9. The number of ether oxygens (including phenoxy) is 1. The summed E-state index contributed by atoms with van der Waals surface area (Å²) in [6.45, 7) is 4.39. The molecule has 2 aliphatic rings. The third kappa shape index (κ3) is 11.5. The minimum Gasteiger partial charge on any atom is -0.393 e. The fraction of sp³-hybridized carbons (Fsp3) is 0.920. The van der Waals surface area contributed by atoms with Crippen LogP contribution in [0.2, 0.25) is 0 Å². The Kier molecular flexibility index (Phi) is 11.4. The molecule has 0 heterocycles. The lowest BCUT2D eigenvalue weighted by atomic mass is 9.81. The van der Waals surface area contributed by atoms with Crippen LogP contribution >= 0.6 is 0 Å². The van der Waals surface area contributed by atoms with Crippen molar-refractivity contribution in [3.05, 3.63) is 0 Å². The molecule has 4 atom stereocenters. The molecule has 174 valence electrons. The van der Waals surface area contributed by atoms with Crippen molar-refractivity contribution in [2.45, 2.75) is 122 Å². The highest BCUT2D eigenvalue weighted by Gasteiger charge is 2.22. The molecule has 0 radical (unpaired) electrons. The molecular formula is C25H46N2O3. The number of nitrogens with two attached hydrogens (primary N) is 2. The van der Waals surface area contributed by atoms with E-state index < -0.39 is 11.9 Å². The van der Waals surface area contributed by atoms with Crippen LogP contribution < -0.4 is 11.5 Å². The largest absolute Gasteiger partial charge is 0.393 e. The average molecular weight is 423 g/mol. The fourth-order valence-electron chi connectivity index (χ4n) is 4.77. The Morgan fingerprint density at radius 2 is 1.23 bits per heavy atom. The van der Waals surface area contributed by atoms with Gasteiger partial charge in [0.1, 0.15) is 0 Å². The van der Waals surface area contributed by atoms with E-state index in [9.17, 15) is 9.59 Å². The van der Waals surface area contributed by atoms with Crippen LogP contribution in [0.15, 0.2) is 0 Å². The van der Waals surface area contributed by atoms with Crippen LogP contribution in [-0.2, 0) is 14.3 Å². The summed E-state index contributed by atoms with van der Waals surface area (Å²) in [6.07, 6.45) is 16.3. The van der Waals surface area contributed by atoms with Gasteiger partial charge in [0, 0.05) is 12.1 Å². The van der Waals surface area contributed by atoms with Gasteiger partial charge in [-0.2, -0.15) is 0 Å². The second kappa shape index (κ2) is 13.5. The minimum atomic E-state index is -0.515. The lowest BCUT2D eigenvalue weighted by Crippen LogP contribution is -2.31. The third-order valence-corrected chi connectivity index (χ3v) is 7.04. The van der Waals surface area contributed by atoms with Crippen LogP contribution in [0.1, 0.15) is 110 Å². The van der Waals surface area contributed by atoms with Gasteiger partial charge in [0.25, 0.3) is 0 Å². The first kappa shape index (κ1) is 25.3. The summed E-state index contributed by atoms with van der Waals surface area (Å²) >= 11 is 0. The summed E-state index contributed by atoms with van der Waals surface area (Å²) < 4.78 is 4.97. The molecule has 0 spiro atoms. The number of hydrogen-bond donors (Lipinski definition) is 2. The molecule has 0 saturated heterocycles. The highest BCUT2D eigenvalue weighted by Crippen LogP contribution is 2.34. The number of rotatable bonds is 16. The molecule has 0 aromatic heterocycles. The summed E-state index contributed by atoms with van der Waals surface area (Å²) in [5.41, 5.74) is 12.2. The highest BCUT2D eigenvalue weighted by atomic mass is 16.6. The standard InChI is InChI=1S/C25H46N2O3/c1-18(6-3-8-20-10-5-11-20)14-22(26)16-24(28)30-25(29)17-23(27)15-19(2)7-4-9-21-12-13-21/h18-23H,3-17,26-27H2,1-2H3. The van der Waals surface area contributed by atoms with Crippen LogP contribution in [0, 0.1) is 23.7 Å². The molecule has 0 aliphatic heterocycles. The maximum atomic E-state index is 12.0. The Morgan fingerprint density at radius 3 is 1.60 bits per heavy atom. The van der Waals surface area contributed by atoms with E-state index in [2.05, 4.69) is 13.8 Å². The first-order chi connectivity index (χ1) is 14.3. The molecule has 2 aliphatic carbocycles. The van der Waals surface area contributed by atoms with Crippen LogP contribution in [0.3, 0.4) is 0 Å². The molecule has 0 amide bonds. The van der Waals surface area contributed by atoms with Gasteiger partial charge >= 0.3 is 11.9 Å². The van der Waals surface area contributed by atoms with Gasteiger partial charge in [-0.15, -0.1) is 0 Å². The van der Waals surface area contributed by atoms with Crippen molar-refractivity contribution in [2.75, 3.05) is 0 Å². The smallest absolute Gasteiger partial charge is 0.315 e. The lowest BCUT2D eigenvalue weighted by molar-refractivity contribution is -0.160. The van der Waals surface area contributed by atoms with E-state index in [-0.39, 0.29) is 24.9 Å².